The molecule has 1 rings (SSSR count). The number of carbonyl (C=O) groups is 1. The van der Waals surface area contributed by atoms with Gasteiger partial charge in [-0.05, 0) is 18.6 Å². The average Bonchev–Trinajstić information content (AvgIpc) is 2.19. The molecule has 0 atom stereocenters. The molecule has 0 aliphatic heterocycles. The number of rotatable bonds is 4. The van der Waals surface area contributed by atoms with Crippen LogP contribution < -0.4 is 5.06 Å². The smallest absolute Gasteiger partial charge is 0.332 e. The van der Waals surface area contributed by atoms with E-state index in [0.29, 0.717) is 6.42 Å². The van der Waals surface area contributed by atoms with Crippen LogP contribution in [0.4, 0.5) is 5.69 Å². The second-order valence-electron chi connectivity index (χ2n) is 2.92. The first-order chi connectivity index (χ1) is 6.74. The Morgan fingerprint density at radius 3 is 2.71 bits per heavy atom. The molecular weight excluding hydrogens is 180 g/mol. The van der Waals surface area contributed by atoms with Crippen LogP contribution in [0.1, 0.15) is 19.8 Å². The van der Waals surface area contributed by atoms with E-state index in [1.165, 1.54) is 5.06 Å². The summed E-state index contributed by atoms with van der Waals surface area (Å²) in [6.07, 6.45) is 4.54. The second kappa shape index (κ2) is 5.21. The van der Waals surface area contributed by atoms with Crippen LogP contribution in [0.15, 0.2) is 24.5 Å². The first-order valence-corrected chi connectivity index (χ1v) is 4.58. The van der Waals surface area contributed by atoms with Crippen LogP contribution in [0, 0.1) is 0 Å². The molecule has 0 radical (unpaired) electrons. The SMILES string of the molecule is CCCC(=O)ON(C)c1ccncc1. The van der Waals surface area contributed by atoms with E-state index in [-0.39, 0.29) is 5.97 Å². The Hall–Kier alpha value is -1.58. The molecule has 0 aliphatic carbocycles. The normalized spacial score (nSPS) is 9.57. The van der Waals surface area contributed by atoms with Gasteiger partial charge in [-0.1, -0.05) is 6.92 Å². The Labute approximate surface area is 83.5 Å². The molecule has 1 aromatic heterocycles. The number of hydrogen-bond acceptors (Lipinski definition) is 4. The second-order valence-corrected chi connectivity index (χ2v) is 2.92. The summed E-state index contributed by atoms with van der Waals surface area (Å²) in [4.78, 5) is 20.1. The number of nitrogens with zero attached hydrogens (tertiary/aromatic N) is 2. The predicted octanol–water partition coefficient (Wildman–Crippen LogP) is 1.78. The zero-order valence-electron chi connectivity index (χ0n) is 8.43. The largest absolute Gasteiger partial charge is 0.341 e. The Balaban J connectivity index is 2.50. The summed E-state index contributed by atoms with van der Waals surface area (Å²) < 4.78 is 0. The maximum atomic E-state index is 11.1. The number of anilines is 1. The van der Waals surface area contributed by atoms with E-state index in [4.69, 9.17) is 4.84 Å². The van der Waals surface area contributed by atoms with E-state index in [9.17, 15) is 4.79 Å². The third-order valence-corrected chi connectivity index (χ3v) is 1.72. The minimum atomic E-state index is -0.216. The number of pyridine rings is 1. The molecule has 4 nitrogen and oxygen atoms in total. The Bertz CT molecular complexity index is 287. The monoisotopic (exact) mass is 194 g/mol. The fraction of sp³-hybridized carbons (Fsp3) is 0.400. The van der Waals surface area contributed by atoms with Crippen LogP contribution >= 0.6 is 0 Å². The molecular formula is C10H14N2O2. The van der Waals surface area contributed by atoms with E-state index in [0.717, 1.165) is 12.1 Å². The van der Waals surface area contributed by atoms with Crippen molar-refractivity contribution in [3.8, 4) is 0 Å². The molecule has 0 fully saturated rings. The minimum Gasteiger partial charge on any atom is -0.341 e. The van der Waals surface area contributed by atoms with E-state index in [1.54, 1.807) is 31.6 Å². The molecule has 0 N–H and O–H groups in total. The highest BCUT2D eigenvalue weighted by atomic mass is 16.7. The van der Waals surface area contributed by atoms with E-state index in [2.05, 4.69) is 4.98 Å². The summed E-state index contributed by atoms with van der Waals surface area (Å²) in [5.41, 5.74) is 0.810. The molecule has 1 heterocycles. The van der Waals surface area contributed by atoms with E-state index < -0.39 is 0 Å². The maximum Gasteiger partial charge on any atom is 0.332 e. The van der Waals surface area contributed by atoms with Gasteiger partial charge in [0.25, 0.3) is 0 Å². The number of carbonyl (C=O) groups excluding carboxylic acids is 1. The van der Waals surface area contributed by atoms with Crippen molar-refractivity contribution in [1.29, 1.82) is 0 Å². The lowest BCUT2D eigenvalue weighted by Gasteiger charge is -2.17. The van der Waals surface area contributed by atoms with Gasteiger partial charge in [-0.3, -0.25) is 4.98 Å². The minimum absolute atomic E-state index is 0.216. The third kappa shape index (κ3) is 3.05. The zero-order chi connectivity index (χ0) is 10.4. The Morgan fingerprint density at radius 2 is 2.14 bits per heavy atom. The van der Waals surface area contributed by atoms with Gasteiger partial charge >= 0.3 is 5.97 Å². The van der Waals surface area contributed by atoms with Crippen LogP contribution in [0.2, 0.25) is 0 Å². The molecule has 0 amide bonds. The molecule has 0 saturated carbocycles. The van der Waals surface area contributed by atoms with Gasteiger partial charge in [0.1, 0.15) is 0 Å². The van der Waals surface area contributed by atoms with Gasteiger partial charge in [0.2, 0.25) is 0 Å². The van der Waals surface area contributed by atoms with Gasteiger partial charge in [0.15, 0.2) is 0 Å². The van der Waals surface area contributed by atoms with Crippen molar-refractivity contribution in [3.63, 3.8) is 0 Å². The van der Waals surface area contributed by atoms with E-state index >= 15 is 0 Å². The average molecular weight is 194 g/mol. The number of hydrogen-bond donors (Lipinski definition) is 0. The molecule has 0 aliphatic rings. The van der Waals surface area contributed by atoms with Gasteiger partial charge in [-0.2, -0.15) is 0 Å². The molecule has 1 aromatic rings. The molecule has 0 aromatic carbocycles. The van der Waals surface area contributed by atoms with Crippen molar-refractivity contribution in [3.05, 3.63) is 24.5 Å². The van der Waals surface area contributed by atoms with Crippen molar-refractivity contribution < 1.29 is 9.63 Å². The fourth-order valence-electron chi connectivity index (χ4n) is 1.01. The first-order valence-electron chi connectivity index (χ1n) is 4.58. The molecule has 76 valence electrons. The lowest BCUT2D eigenvalue weighted by molar-refractivity contribution is -0.144. The topological polar surface area (TPSA) is 42.4 Å². The highest BCUT2D eigenvalue weighted by Gasteiger charge is 2.06. The van der Waals surface area contributed by atoms with Gasteiger partial charge in [-0.15, -0.1) is 0 Å². The van der Waals surface area contributed by atoms with Crippen LogP contribution in [-0.4, -0.2) is 18.0 Å². The van der Waals surface area contributed by atoms with Crippen molar-refractivity contribution in [2.45, 2.75) is 19.8 Å². The van der Waals surface area contributed by atoms with Crippen LogP contribution in [0.5, 0.6) is 0 Å². The van der Waals surface area contributed by atoms with Crippen molar-refractivity contribution in [2.24, 2.45) is 0 Å². The summed E-state index contributed by atoms with van der Waals surface area (Å²) in [5.74, 6) is -0.216. The summed E-state index contributed by atoms with van der Waals surface area (Å²) in [5, 5.41) is 1.44. The summed E-state index contributed by atoms with van der Waals surface area (Å²) in [7, 11) is 1.70. The zero-order valence-corrected chi connectivity index (χ0v) is 8.43. The van der Waals surface area contributed by atoms with Gasteiger partial charge in [0, 0.05) is 25.9 Å². The lowest BCUT2D eigenvalue weighted by atomic mass is 10.3. The van der Waals surface area contributed by atoms with Gasteiger partial charge in [-0.25, -0.2) is 9.86 Å². The maximum absolute atomic E-state index is 11.1. The lowest BCUT2D eigenvalue weighted by Crippen LogP contribution is -2.22. The van der Waals surface area contributed by atoms with Crippen molar-refractivity contribution >= 4 is 11.7 Å². The Kier molecular flexibility index (Phi) is 3.91. The van der Waals surface area contributed by atoms with Crippen LogP contribution in [0.3, 0.4) is 0 Å². The number of aromatic nitrogens is 1. The fourth-order valence-corrected chi connectivity index (χ4v) is 1.01. The summed E-state index contributed by atoms with van der Waals surface area (Å²) >= 11 is 0. The quantitative estimate of drug-likeness (QED) is 0.685. The first kappa shape index (κ1) is 10.5. The molecule has 0 bridgehead atoms. The third-order valence-electron chi connectivity index (χ3n) is 1.72. The van der Waals surface area contributed by atoms with Crippen LogP contribution in [-0.2, 0) is 9.63 Å². The molecule has 0 unspecified atom stereocenters. The molecule has 4 heteroatoms. The van der Waals surface area contributed by atoms with Gasteiger partial charge in [0.05, 0.1) is 5.69 Å². The van der Waals surface area contributed by atoms with Gasteiger partial charge < -0.3 is 4.84 Å². The summed E-state index contributed by atoms with van der Waals surface area (Å²) in [6, 6.07) is 3.55. The molecule has 0 spiro atoms. The predicted molar refractivity (Wildman–Crippen MR) is 53.6 cm³/mol. The van der Waals surface area contributed by atoms with Crippen molar-refractivity contribution in [2.75, 3.05) is 12.1 Å². The van der Waals surface area contributed by atoms with E-state index in [1.807, 2.05) is 6.92 Å². The highest BCUT2D eigenvalue weighted by molar-refractivity contribution is 5.70. The van der Waals surface area contributed by atoms with Crippen LogP contribution in [0.25, 0.3) is 0 Å². The number of hydroxylamine groups is 1. The molecule has 14 heavy (non-hydrogen) atoms. The molecule has 0 saturated heterocycles. The highest BCUT2D eigenvalue weighted by Crippen LogP contribution is 2.10. The standard InChI is InChI=1S/C10H14N2O2/c1-3-4-10(13)14-12(2)9-5-7-11-8-6-9/h5-8H,3-4H2,1-2H3. The summed E-state index contributed by atoms with van der Waals surface area (Å²) in [6.45, 7) is 1.94. The van der Waals surface area contributed by atoms with Crippen molar-refractivity contribution in [1.82, 2.24) is 4.98 Å². The Morgan fingerprint density at radius 1 is 1.50 bits per heavy atom.